The molecule has 0 spiro atoms. The van der Waals surface area contributed by atoms with Crippen LogP contribution in [-0.2, 0) is 4.79 Å². The van der Waals surface area contributed by atoms with E-state index in [4.69, 9.17) is 10.5 Å². The molecule has 1 aromatic carbocycles. The molecule has 0 aliphatic rings. The quantitative estimate of drug-likeness (QED) is 0.833. The average Bonchev–Trinajstić information content (AvgIpc) is 2.24. The zero-order chi connectivity index (χ0) is 13.8. The van der Waals surface area contributed by atoms with Crippen LogP contribution in [0.2, 0.25) is 0 Å². The first-order valence-corrected chi connectivity index (χ1v) is 6.04. The van der Waals surface area contributed by atoms with Gasteiger partial charge in [-0.05, 0) is 51.0 Å². The van der Waals surface area contributed by atoms with E-state index in [9.17, 15) is 4.79 Å². The van der Waals surface area contributed by atoms with Crippen molar-refractivity contribution in [1.82, 2.24) is 5.32 Å². The average molecular weight is 250 g/mol. The molecule has 0 heterocycles. The highest BCUT2D eigenvalue weighted by Crippen LogP contribution is 2.16. The predicted octanol–water partition coefficient (Wildman–Crippen LogP) is 1.54. The van der Waals surface area contributed by atoms with Crippen molar-refractivity contribution >= 4 is 5.91 Å². The van der Waals surface area contributed by atoms with Gasteiger partial charge in [-0.1, -0.05) is 6.07 Å². The zero-order valence-corrected chi connectivity index (χ0v) is 11.5. The van der Waals surface area contributed by atoms with E-state index in [1.807, 2.05) is 39.8 Å². The normalized spacial score (nSPS) is 11.2. The lowest BCUT2D eigenvalue weighted by Gasteiger charge is -2.24. The third-order valence-electron chi connectivity index (χ3n) is 2.55. The molecule has 0 aliphatic carbocycles. The minimum absolute atomic E-state index is 0.00627. The molecule has 0 atom stereocenters. The van der Waals surface area contributed by atoms with Gasteiger partial charge in [-0.25, -0.2) is 0 Å². The Kier molecular flexibility index (Phi) is 4.73. The third-order valence-corrected chi connectivity index (χ3v) is 2.55. The zero-order valence-electron chi connectivity index (χ0n) is 11.5. The molecule has 18 heavy (non-hydrogen) atoms. The maximum Gasteiger partial charge on any atom is 0.258 e. The van der Waals surface area contributed by atoms with Gasteiger partial charge in [-0.15, -0.1) is 0 Å². The number of hydrogen-bond donors (Lipinski definition) is 2. The number of amides is 1. The Hall–Kier alpha value is -1.55. The van der Waals surface area contributed by atoms with Crippen molar-refractivity contribution in [2.45, 2.75) is 33.2 Å². The van der Waals surface area contributed by atoms with Crippen LogP contribution in [0.5, 0.6) is 5.75 Å². The van der Waals surface area contributed by atoms with Crippen LogP contribution in [0.4, 0.5) is 0 Å². The number of aryl methyl sites for hydroxylation is 2. The highest BCUT2D eigenvalue weighted by Gasteiger charge is 2.18. The number of rotatable bonds is 5. The second-order valence-electron chi connectivity index (χ2n) is 5.25. The Morgan fingerprint density at radius 3 is 2.33 bits per heavy atom. The van der Waals surface area contributed by atoms with Crippen molar-refractivity contribution in [2.75, 3.05) is 13.2 Å². The second kappa shape index (κ2) is 5.87. The topological polar surface area (TPSA) is 64.3 Å². The largest absolute Gasteiger partial charge is 0.484 e. The van der Waals surface area contributed by atoms with Gasteiger partial charge in [-0.2, -0.15) is 0 Å². The number of carbonyl (C=O) groups excluding carboxylic acids is 1. The standard InChI is InChI=1S/C14H22N2O2/c1-10-5-11(2)7-12(6-10)18-8-13(17)16-14(3,4)9-15/h5-7H,8-9,15H2,1-4H3,(H,16,17). The molecular formula is C14H22N2O2. The van der Waals surface area contributed by atoms with Gasteiger partial charge in [0.2, 0.25) is 0 Å². The van der Waals surface area contributed by atoms with Gasteiger partial charge in [0.05, 0.1) is 0 Å². The van der Waals surface area contributed by atoms with E-state index in [0.717, 1.165) is 11.1 Å². The fourth-order valence-electron chi connectivity index (χ4n) is 1.63. The molecule has 1 rings (SSSR count). The van der Waals surface area contributed by atoms with E-state index in [-0.39, 0.29) is 12.5 Å². The maximum absolute atomic E-state index is 11.7. The Bertz CT molecular complexity index is 408. The fraction of sp³-hybridized carbons (Fsp3) is 0.500. The summed E-state index contributed by atoms with van der Waals surface area (Å²) in [6.45, 7) is 8.15. The molecule has 3 N–H and O–H groups in total. The number of ether oxygens (including phenoxy) is 1. The molecule has 4 heteroatoms. The highest BCUT2D eigenvalue weighted by molar-refractivity contribution is 5.78. The van der Waals surface area contributed by atoms with Crippen LogP contribution >= 0.6 is 0 Å². The van der Waals surface area contributed by atoms with Crippen molar-refractivity contribution in [3.05, 3.63) is 29.3 Å². The van der Waals surface area contributed by atoms with Crippen LogP contribution in [0, 0.1) is 13.8 Å². The van der Waals surface area contributed by atoms with Crippen molar-refractivity contribution in [3.8, 4) is 5.75 Å². The second-order valence-corrected chi connectivity index (χ2v) is 5.25. The molecule has 4 nitrogen and oxygen atoms in total. The van der Waals surface area contributed by atoms with Crippen molar-refractivity contribution in [2.24, 2.45) is 5.73 Å². The SMILES string of the molecule is Cc1cc(C)cc(OCC(=O)NC(C)(C)CN)c1. The molecule has 0 aromatic heterocycles. The maximum atomic E-state index is 11.7. The van der Waals surface area contributed by atoms with Crippen LogP contribution in [0.1, 0.15) is 25.0 Å². The minimum Gasteiger partial charge on any atom is -0.484 e. The molecule has 100 valence electrons. The van der Waals surface area contributed by atoms with Crippen LogP contribution < -0.4 is 15.8 Å². The molecule has 0 bridgehead atoms. The summed E-state index contributed by atoms with van der Waals surface area (Å²) in [7, 11) is 0. The van der Waals surface area contributed by atoms with E-state index in [0.29, 0.717) is 12.3 Å². The molecule has 1 amide bonds. The highest BCUT2D eigenvalue weighted by atomic mass is 16.5. The molecule has 0 fully saturated rings. The van der Waals surface area contributed by atoms with E-state index in [2.05, 4.69) is 11.4 Å². The van der Waals surface area contributed by atoms with Crippen LogP contribution in [0.3, 0.4) is 0 Å². The van der Waals surface area contributed by atoms with Crippen LogP contribution in [0.15, 0.2) is 18.2 Å². The Labute approximate surface area is 109 Å². The summed E-state index contributed by atoms with van der Waals surface area (Å²) in [6.07, 6.45) is 0. The van der Waals surface area contributed by atoms with Gasteiger partial charge in [-0.3, -0.25) is 4.79 Å². The fourth-order valence-corrected chi connectivity index (χ4v) is 1.63. The van der Waals surface area contributed by atoms with Gasteiger partial charge in [0.15, 0.2) is 6.61 Å². The van der Waals surface area contributed by atoms with E-state index in [1.54, 1.807) is 0 Å². The number of carbonyl (C=O) groups is 1. The molecule has 0 saturated carbocycles. The van der Waals surface area contributed by atoms with Gasteiger partial charge < -0.3 is 15.8 Å². The summed E-state index contributed by atoms with van der Waals surface area (Å²) >= 11 is 0. The van der Waals surface area contributed by atoms with Gasteiger partial charge in [0.25, 0.3) is 5.91 Å². The van der Waals surface area contributed by atoms with Crippen molar-refractivity contribution in [1.29, 1.82) is 0 Å². The van der Waals surface area contributed by atoms with Crippen molar-refractivity contribution in [3.63, 3.8) is 0 Å². The third kappa shape index (κ3) is 4.75. The molecule has 0 saturated heterocycles. The molecule has 0 unspecified atom stereocenters. The van der Waals surface area contributed by atoms with Gasteiger partial charge >= 0.3 is 0 Å². The number of benzene rings is 1. The van der Waals surface area contributed by atoms with E-state index < -0.39 is 5.54 Å². The number of hydrogen-bond acceptors (Lipinski definition) is 3. The first kappa shape index (κ1) is 14.5. The Morgan fingerprint density at radius 1 is 1.28 bits per heavy atom. The Morgan fingerprint density at radius 2 is 1.83 bits per heavy atom. The van der Waals surface area contributed by atoms with Crippen molar-refractivity contribution < 1.29 is 9.53 Å². The number of nitrogens with one attached hydrogen (secondary N) is 1. The lowest BCUT2D eigenvalue weighted by Crippen LogP contribution is -2.50. The van der Waals surface area contributed by atoms with E-state index >= 15 is 0 Å². The summed E-state index contributed by atoms with van der Waals surface area (Å²) in [5, 5.41) is 2.82. The summed E-state index contributed by atoms with van der Waals surface area (Å²) in [6, 6.07) is 5.88. The molecule has 1 aromatic rings. The molecule has 0 radical (unpaired) electrons. The summed E-state index contributed by atoms with van der Waals surface area (Å²) in [4.78, 5) is 11.7. The monoisotopic (exact) mass is 250 g/mol. The lowest BCUT2D eigenvalue weighted by molar-refractivity contribution is -0.124. The van der Waals surface area contributed by atoms with Crippen LogP contribution in [-0.4, -0.2) is 24.6 Å². The first-order chi connectivity index (χ1) is 8.32. The predicted molar refractivity (Wildman–Crippen MR) is 72.7 cm³/mol. The smallest absolute Gasteiger partial charge is 0.258 e. The summed E-state index contributed by atoms with van der Waals surface area (Å²) in [5.41, 5.74) is 7.38. The van der Waals surface area contributed by atoms with Gasteiger partial charge in [0.1, 0.15) is 5.75 Å². The molecule has 0 aliphatic heterocycles. The first-order valence-electron chi connectivity index (χ1n) is 6.04. The lowest BCUT2D eigenvalue weighted by atomic mass is 10.1. The van der Waals surface area contributed by atoms with Crippen LogP contribution in [0.25, 0.3) is 0 Å². The Balaban J connectivity index is 2.52. The minimum atomic E-state index is -0.400. The summed E-state index contributed by atoms with van der Waals surface area (Å²) in [5.74, 6) is 0.554. The summed E-state index contributed by atoms with van der Waals surface area (Å²) < 4.78 is 5.47. The molecular weight excluding hydrogens is 228 g/mol. The number of nitrogens with two attached hydrogens (primary N) is 1. The van der Waals surface area contributed by atoms with Gasteiger partial charge in [0, 0.05) is 12.1 Å². The van der Waals surface area contributed by atoms with E-state index in [1.165, 1.54) is 0 Å².